The van der Waals surface area contributed by atoms with Gasteiger partial charge in [-0.2, -0.15) is 5.10 Å². The zero-order chi connectivity index (χ0) is 19.1. The molecule has 0 spiro atoms. The molecule has 0 fully saturated rings. The van der Waals surface area contributed by atoms with Crippen LogP contribution in [0, 0.1) is 0 Å². The summed E-state index contributed by atoms with van der Waals surface area (Å²) < 4.78 is 34.7. The molecule has 0 bridgehead atoms. The third kappa shape index (κ3) is 5.24. The smallest absolute Gasteiger partial charge is 0.272 e. The van der Waals surface area contributed by atoms with Crippen molar-refractivity contribution in [3.63, 3.8) is 0 Å². The summed E-state index contributed by atoms with van der Waals surface area (Å²) in [6, 6.07) is 14.8. The lowest BCUT2D eigenvalue weighted by Gasteiger charge is -2.10. The van der Waals surface area contributed by atoms with Gasteiger partial charge in [0.1, 0.15) is 6.61 Å². The van der Waals surface area contributed by atoms with Crippen LogP contribution in [0.5, 0.6) is 11.5 Å². The molecule has 0 saturated carbocycles. The monoisotopic (exact) mass is 389 g/mol. The van der Waals surface area contributed by atoms with Crippen LogP contribution >= 0.6 is 11.3 Å². The Morgan fingerprint density at radius 1 is 1.19 bits per heavy atom. The maximum atomic E-state index is 12.3. The van der Waals surface area contributed by atoms with E-state index in [9.17, 15) is 8.78 Å². The van der Waals surface area contributed by atoms with E-state index in [-0.39, 0.29) is 5.75 Å². The van der Waals surface area contributed by atoms with Gasteiger partial charge in [-0.3, -0.25) is 5.43 Å². The zero-order valence-electron chi connectivity index (χ0n) is 14.4. The normalized spacial score (nSPS) is 11.1. The maximum Gasteiger partial charge on any atom is 0.272 e. The number of thiazole rings is 1. The maximum absolute atomic E-state index is 12.3. The van der Waals surface area contributed by atoms with Crippen LogP contribution in [0.3, 0.4) is 0 Å². The van der Waals surface area contributed by atoms with E-state index < -0.39 is 13.0 Å². The molecule has 1 heterocycles. The molecule has 3 aromatic rings. The van der Waals surface area contributed by atoms with Crippen molar-refractivity contribution in [2.75, 3.05) is 19.1 Å². The second-order valence-electron chi connectivity index (χ2n) is 5.39. The highest BCUT2D eigenvalue weighted by Gasteiger charge is 2.09. The van der Waals surface area contributed by atoms with Crippen LogP contribution in [0.2, 0.25) is 0 Å². The van der Waals surface area contributed by atoms with Crippen molar-refractivity contribution in [1.29, 1.82) is 0 Å². The van der Waals surface area contributed by atoms with Gasteiger partial charge in [0.15, 0.2) is 11.5 Å². The van der Waals surface area contributed by atoms with E-state index in [4.69, 9.17) is 9.47 Å². The van der Waals surface area contributed by atoms with Crippen molar-refractivity contribution in [3.05, 3.63) is 59.5 Å². The number of hydrogen-bond donors (Lipinski definition) is 1. The molecule has 0 radical (unpaired) electrons. The van der Waals surface area contributed by atoms with Crippen molar-refractivity contribution in [2.24, 2.45) is 5.10 Å². The van der Waals surface area contributed by atoms with Crippen LogP contribution in [0.1, 0.15) is 5.56 Å². The predicted molar refractivity (Wildman–Crippen MR) is 103 cm³/mol. The predicted octanol–water partition coefficient (Wildman–Crippen LogP) is 4.91. The van der Waals surface area contributed by atoms with Crippen LogP contribution in [0.25, 0.3) is 11.3 Å². The highest BCUT2D eigenvalue weighted by molar-refractivity contribution is 7.14. The lowest BCUT2D eigenvalue weighted by Crippen LogP contribution is -2.07. The van der Waals surface area contributed by atoms with Crippen molar-refractivity contribution in [1.82, 2.24) is 4.98 Å². The van der Waals surface area contributed by atoms with Crippen molar-refractivity contribution < 1.29 is 18.3 Å². The van der Waals surface area contributed by atoms with Gasteiger partial charge in [-0.05, 0) is 23.8 Å². The Hall–Kier alpha value is -3.00. The minimum atomic E-state index is -2.54. The van der Waals surface area contributed by atoms with E-state index in [0.717, 1.165) is 16.8 Å². The van der Waals surface area contributed by atoms with Gasteiger partial charge in [0.25, 0.3) is 6.43 Å². The van der Waals surface area contributed by atoms with Gasteiger partial charge >= 0.3 is 0 Å². The van der Waals surface area contributed by atoms with Crippen molar-refractivity contribution in [2.45, 2.75) is 6.43 Å². The summed E-state index contributed by atoms with van der Waals surface area (Å²) in [4.78, 5) is 4.48. The molecule has 0 amide bonds. The van der Waals surface area contributed by atoms with Crippen LogP contribution in [-0.2, 0) is 0 Å². The van der Waals surface area contributed by atoms with E-state index >= 15 is 0 Å². The van der Waals surface area contributed by atoms with Crippen molar-refractivity contribution in [3.8, 4) is 22.8 Å². The van der Waals surface area contributed by atoms with E-state index in [1.807, 2.05) is 35.7 Å². The molecule has 0 aliphatic heterocycles. The third-order valence-electron chi connectivity index (χ3n) is 3.50. The molecular formula is C19H17F2N3O2S. The van der Waals surface area contributed by atoms with Crippen molar-refractivity contribution >= 4 is 22.7 Å². The number of ether oxygens (including phenoxy) is 2. The van der Waals surface area contributed by atoms with Gasteiger partial charge in [0.05, 0.1) is 19.0 Å². The fourth-order valence-corrected chi connectivity index (χ4v) is 2.93. The summed E-state index contributed by atoms with van der Waals surface area (Å²) >= 11 is 1.45. The number of benzene rings is 2. The molecule has 0 unspecified atom stereocenters. The molecule has 27 heavy (non-hydrogen) atoms. The highest BCUT2D eigenvalue weighted by Crippen LogP contribution is 2.28. The number of rotatable bonds is 8. The summed E-state index contributed by atoms with van der Waals surface area (Å²) in [6.07, 6.45) is -0.956. The molecule has 0 aliphatic rings. The molecular weight excluding hydrogens is 372 g/mol. The molecule has 140 valence electrons. The SMILES string of the molecule is COc1cc(C=NNc2nc(-c3ccccc3)cs2)ccc1OCC(F)F. The number of hydrazone groups is 1. The number of nitrogens with one attached hydrogen (secondary N) is 1. The van der Waals surface area contributed by atoms with E-state index in [1.54, 1.807) is 24.4 Å². The largest absolute Gasteiger partial charge is 0.493 e. The van der Waals surface area contributed by atoms with Gasteiger partial charge < -0.3 is 9.47 Å². The van der Waals surface area contributed by atoms with Crippen LogP contribution in [-0.4, -0.2) is 31.3 Å². The number of alkyl halides is 2. The molecule has 2 aromatic carbocycles. The molecule has 5 nitrogen and oxygen atoms in total. The highest BCUT2D eigenvalue weighted by atomic mass is 32.1. The Morgan fingerprint density at radius 3 is 2.74 bits per heavy atom. The Kier molecular flexibility index (Phi) is 6.32. The first-order chi connectivity index (χ1) is 13.2. The van der Waals surface area contributed by atoms with Gasteiger partial charge in [0.2, 0.25) is 5.13 Å². The number of nitrogens with zero attached hydrogens (tertiary/aromatic N) is 2. The van der Waals surface area contributed by atoms with Gasteiger partial charge in [0, 0.05) is 10.9 Å². The summed E-state index contributed by atoms with van der Waals surface area (Å²) in [6.45, 7) is -0.681. The number of methoxy groups -OCH3 is 1. The summed E-state index contributed by atoms with van der Waals surface area (Å²) in [5, 5.41) is 6.77. The first-order valence-corrected chi connectivity index (χ1v) is 8.92. The van der Waals surface area contributed by atoms with Crippen LogP contribution < -0.4 is 14.9 Å². The van der Waals surface area contributed by atoms with Gasteiger partial charge in [-0.25, -0.2) is 13.8 Å². The Labute approximate surface area is 159 Å². The fraction of sp³-hybridized carbons (Fsp3) is 0.158. The zero-order valence-corrected chi connectivity index (χ0v) is 15.2. The van der Waals surface area contributed by atoms with Crippen LogP contribution in [0.15, 0.2) is 59.0 Å². The number of halogens is 2. The second kappa shape index (κ2) is 9.09. The lowest BCUT2D eigenvalue weighted by atomic mass is 10.2. The number of anilines is 1. The molecule has 8 heteroatoms. The molecule has 0 saturated heterocycles. The summed E-state index contributed by atoms with van der Waals surface area (Å²) in [5.41, 5.74) is 5.52. The molecule has 1 N–H and O–H groups in total. The van der Waals surface area contributed by atoms with E-state index in [0.29, 0.717) is 10.9 Å². The lowest BCUT2D eigenvalue weighted by molar-refractivity contribution is 0.0804. The molecule has 3 rings (SSSR count). The Morgan fingerprint density at radius 2 is 2.00 bits per heavy atom. The number of hydrogen-bond acceptors (Lipinski definition) is 6. The standard InChI is InChI=1S/C19H17F2N3O2S/c1-25-17-9-13(7-8-16(17)26-11-18(20)21)10-22-24-19-23-15(12-27-19)14-5-3-2-4-6-14/h2-10,12,18H,11H2,1H3,(H,23,24). The first-order valence-electron chi connectivity index (χ1n) is 8.04. The average Bonchev–Trinajstić information content (AvgIpc) is 3.16. The van der Waals surface area contributed by atoms with E-state index in [1.165, 1.54) is 18.4 Å². The van der Waals surface area contributed by atoms with E-state index in [2.05, 4.69) is 15.5 Å². The quantitative estimate of drug-likeness (QED) is 0.439. The minimum Gasteiger partial charge on any atom is -0.493 e. The third-order valence-corrected chi connectivity index (χ3v) is 4.25. The first kappa shape index (κ1) is 18.8. The minimum absolute atomic E-state index is 0.260. The molecule has 1 aromatic heterocycles. The Balaban J connectivity index is 1.63. The molecule has 0 atom stereocenters. The summed E-state index contributed by atoms with van der Waals surface area (Å²) in [7, 11) is 1.45. The number of aromatic nitrogens is 1. The summed E-state index contributed by atoms with van der Waals surface area (Å²) in [5.74, 6) is 0.621. The topological polar surface area (TPSA) is 55.7 Å². The van der Waals surface area contributed by atoms with Gasteiger partial charge in [-0.1, -0.05) is 30.3 Å². The molecule has 0 aliphatic carbocycles. The Bertz CT molecular complexity index is 901. The second-order valence-corrected chi connectivity index (χ2v) is 6.24. The fourth-order valence-electron chi connectivity index (χ4n) is 2.27. The average molecular weight is 389 g/mol. The van der Waals surface area contributed by atoms with Gasteiger partial charge in [-0.15, -0.1) is 11.3 Å². The van der Waals surface area contributed by atoms with Crippen LogP contribution in [0.4, 0.5) is 13.9 Å².